The summed E-state index contributed by atoms with van der Waals surface area (Å²) in [5.41, 5.74) is 11.7. The minimum absolute atomic E-state index is 0.200. The Hall–Kier alpha value is -1.07. The second-order valence-electron chi connectivity index (χ2n) is 4.86. The van der Waals surface area contributed by atoms with Crippen molar-refractivity contribution in [3.05, 3.63) is 28.2 Å². The summed E-state index contributed by atoms with van der Waals surface area (Å²) in [6, 6.07) is 5.14. The standard InChI is InChI=1S/C13H17BrN2O2/c14-11-7-9(3-4-10(11)12(15)17)18-8-13(16)5-1-2-6-13/h3-4,7H,1-2,5-6,8,16H2,(H2,15,17). The first kappa shape index (κ1) is 13.4. The van der Waals surface area contributed by atoms with Gasteiger partial charge >= 0.3 is 0 Å². The molecule has 4 nitrogen and oxygen atoms in total. The number of rotatable bonds is 4. The van der Waals surface area contributed by atoms with Crippen LogP contribution in [0.15, 0.2) is 22.7 Å². The lowest BCUT2D eigenvalue weighted by atomic mass is 10.0. The lowest BCUT2D eigenvalue weighted by Gasteiger charge is -2.23. The van der Waals surface area contributed by atoms with Crippen molar-refractivity contribution < 1.29 is 9.53 Å². The van der Waals surface area contributed by atoms with Crippen LogP contribution in [0, 0.1) is 0 Å². The van der Waals surface area contributed by atoms with E-state index in [0.717, 1.165) is 12.8 Å². The van der Waals surface area contributed by atoms with Gasteiger partial charge in [0.15, 0.2) is 0 Å². The van der Waals surface area contributed by atoms with Crippen LogP contribution in [0.5, 0.6) is 5.75 Å². The predicted molar refractivity (Wildman–Crippen MR) is 73.5 cm³/mol. The summed E-state index contributed by atoms with van der Waals surface area (Å²) in [5.74, 6) is 0.239. The highest BCUT2D eigenvalue weighted by Gasteiger charge is 2.30. The number of amides is 1. The van der Waals surface area contributed by atoms with Crippen LogP contribution in [0.1, 0.15) is 36.0 Å². The summed E-state index contributed by atoms with van der Waals surface area (Å²) >= 11 is 3.30. The topological polar surface area (TPSA) is 78.3 Å². The number of benzene rings is 1. The van der Waals surface area contributed by atoms with Gasteiger partial charge in [0.2, 0.25) is 5.91 Å². The van der Waals surface area contributed by atoms with Crippen molar-refractivity contribution in [3.63, 3.8) is 0 Å². The number of hydrogen-bond donors (Lipinski definition) is 2. The van der Waals surface area contributed by atoms with Gasteiger partial charge in [-0.1, -0.05) is 12.8 Å². The molecule has 1 aromatic carbocycles. The number of nitrogens with two attached hydrogens (primary N) is 2. The molecule has 0 aromatic heterocycles. The molecule has 1 aliphatic rings. The summed E-state index contributed by atoms with van der Waals surface area (Å²) < 4.78 is 6.34. The summed E-state index contributed by atoms with van der Waals surface area (Å²) in [7, 11) is 0. The quantitative estimate of drug-likeness (QED) is 0.894. The zero-order chi connectivity index (χ0) is 13.2. The second kappa shape index (κ2) is 5.28. The molecule has 0 radical (unpaired) electrons. The molecular formula is C13H17BrN2O2. The van der Waals surface area contributed by atoms with Crippen LogP contribution in [0.2, 0.25) is 0 Å². The van der Waals surface area contributed by atoms with Gasteiger partial charge in [0.05, 0.1) is 11.1 Å². The highest BCUT2D eigenvalue weighted by atomic mass is 79.9. The molecule has 18 heavy (non-hydrogen) atoms. The molecule has 0 spiro atoms. The van der Waals surface area contributed by atoms with Crippen LogP contribution in [0.25, 0.3) is 0 Å². The van der Waals surface area contributed by atoms with Crippen LogP contribution in [0.4, 0.5) is 0 Å². The first-order valence-corrected chi connectivity index (χ1v) is 6.80. The van der Waals surface area contributed by atoms with Gasteiger partial charge in [-0.15, -0.1) is 0 Å². The summed E-state index contributed by atoms with van der Waals surface area (Å²) in [6.45, 7) is 0.509. The summed E-state index contributed by atoms with van der Waals surface area (Å²) in [4.78, 5) is 11.1. The maximum absolute atomic E-state index is 11.1. The van der Waals surface area contributed by atoms with E-state index in [-0.39, 0.29) is 5.54 Å². The molecule has 98 valence electrons. The lowest BCUT2D eigenvalue weighted by Crippen LogP contribution is -2.42. The van der Waals surface area contributed by atoms with Crippen LogP contribution in [0.3, 0.4) is 0 Å². The van der Waals surface area contributed by atoms with Gasteiger partial charge in [-0.3, -0.25) is 4.79 Å². The molecule has 0 heterocycles. The molecule has 0 bridgehead atoms. The van der Waals surface area contributed by atoms with E-state index in [1.165, 1.54) is 12.8 Å². The number of ether oxygens (including phenoxy) is 1. The molecule has 1 aliphatic carbocycles. The highest BCUT2D eigenvalue weighted by Crippen LogP contribution is 2.29. The van der Waals surface area contributed by atoms with Crippen molar-refractivity contribution in [1.82, 2.24) is 0 Å². The molecule has 5 heteroatoms. The molecule has 0 aliphatic heterocycles. The Morgan fingerprint density at radius 1 is 1.39 bits per heavy atom. The third-order valence-electron chi connectivity index (χ3n) is 3.33. The fraction of sp³-hybridized carbons (Fsp3) is 0.462. The van der Waals surface area contributed by atoms with E-state index >= 15 is 0 Å². The molecule has 2 rings (SSSR count). The Morgan fingerprint density at radius 3 is 2.61 bits per heavy atom. The number of halogens is 1. The van der Waals surface area contributed by atoms with Gasteiger partial charge in [0, 0.05) is 4.47 Å². The number of carbonyl (C=O) groups excluding carboxylic acids is 1. The Labute approximate surface area is 115 Å². The minimum Gasteiger partial charge on any atom is -0.492 e. The van der Waals surface area contributed by atoms with Crippen LogP contribution >= 0.6 is 15.9 Å². The van der Waals surface area contributed by atoms with E-state index in [4.69, 9.17) is 16.2 Å². The molecule has 1 fully saturated rings. The van der Waals surface area contributed by atoms with Gasteiger partial charge in [-0.2, -0.15) is 0 Å². The van der Waals surface area contributed by atoms with Gasteiger partial charge in [0.1, 0.15) is 12.4 Å². The summed E-state index contributed by atoms with van der Waals surface area (Å²) in [5, 5.41) is 0. The van der Waals surface area contributed by atoms with E-state index in [1.807, 2.05) is 0 Å². The van der Waals surface area contributed by atoms with Crippen molar-refractivity contribution in [2.75, 3.05) is 6.61 Å². The van der Waals surface area contributed by atoms with E-state index in [9.17, 15) is 4.79 Å². The monoisotopic (exact) mass is 312 g/mol. The molecule has 1 aromatic rings. The zero-order valence-electron chi connectivity index (χ0n) is 10.1. The molecule has 0 saturated heterocycles. The second-order valence-corrected chi connectivity index (χ2v) is 5.72. The maximum Gasteiger partial charge on any atom is 0.249 e. The van der Waals surface area contributed by atoms with Crippen molar-refractivity contribution in [1.29, 1.82) is 0 Å². The van der Waals surface area contributed by atoms with Crippen molar-refractivity contribution in [2.24, 2.45) is 11.5 Å². The van der Waals surface area contributed by atoms with E-state index in [1.54, 1.807) is 18.2 Å². The average Bonchev–Trinajstić information content (AvgIpc) is 2.74. The first-order chi connectivity index (χ1) is 8.50. The highest BCUT2D eigenvalue weighted by molar-refractivity contribution is 9.10. The molecule has 1 amide bonds. The van der Waals surface area contributed by atoms with Crippen molar-refractivity contribution in [3.8, 4) is 5.75 Å². The Bertz CT molecular complexity index is 456. The Balaban J connectivity index is 2.02. The number of primary amides is 1. The normalized spacial score (nSPS) is 17.7. The maximum atomic E-state index is 11.1. The molecular weight excluding hydrogens is 296 g/mol. The average molecular weight is 313 g/mol. The van der Waals surface area contributed by atoms with Gasteiger partial charge in [-0.25, -0.2) is 0 Å². The minimum atomic E-state index is -0.459. The first-order valence-electron chi connectivity index (χ1n) is 6.01. The zero-order valence-corrected chi connectivity index (χ0v) is 11.7. The third kappa shape index (κ3) is 3.03. The lowest BCUT2D eigenvalue weighted by molar-refractivity contribution is 0.0999. The Kier molecular flexibility index (Phi) is 3.92. The largest absolute Gasteiger partial charge is 0.492 e. The fourth-order valence-corrected chi connectivity index (χ4v) is 2.79. The Morgan fingerprint density at radius 2 is 2.06 bits per heavy atom. The van der Waals surface area contributed by atoms with Crippen molar-refractivity contribution in [2.45, 2.75) is 31.2 Å². The number of hydrogen-bond acceptors (Lipinski definition) is 3. The summed E-state index contributed by atoms with van der Waals surface area (Å²) in [6.07, 6.45) is 4.36. The molecule has 0 atom stereocenters. The van der Waals surface area contributed by atoms with Crippen LogP contribution < -0.4 is 16.2 Å². The van der Waals surface area contributed by atoms with E-state index in [0.29, 0.717) is 22.4 Å². The van der Waals surface area contributed by atoms with E-state index < -0.39 is 5.91 Å². The van der Waals surface area contributed by atoms with E-state index in [2.05, 4.69) is 15.9 Å². The fourth-order valence-electron chi connectivity index (χ4n) is 2.24. The molecule has 1 saturated carbocycles. The van der Waals surface area contributed by atoms with Gasteiger partial charge < -0.3 is 16.2 Å². The van der Waals surface area contributed by atoms with Gasteiger partial charge in [0.25, 0.3) is 0 Å². The van der Waals surface area contributed by atoms with Crippen LogP contribution in [-0.4, -0.2) is 18.1 Å². The predicted octanol–water partition coefficient (Wildman–Crippen LogP) is 2.20. The third-order valence-corrected chi connectivity index (χ3v) is 3.99. The number of carbonyl (C=O) groups is 1. The molecule has 4 N–H and O–H groups in total. The van der Waals surface area contributed by atoms with Crippen molar-refractivity contribution >= 4 is 21.8 Å². The van der Waals surface area contributed by atoms with Gasteiger partial charge in [-0.05, 0) is 47.0 Å². The SMILES string of the molecule is NC(=O)c1ccc(OCC2(N)CCCC2)cc1Br. The molecule has 0 unspecified atom stereocenters. The smallest absolute Gasteiger partial charge is 0.249 e. The van der Waals surface area contributed by atoms with Crippen LogP contribution in [-0.2, 0) is 0 Å².